The molecular formula is C11H14N4. The molecule has 0 unspecified atom stereocenters. The number of nitrogens with one attached hydrogen (secondary N) is 1. The number of nitrogens with two attached hydrogens (primary N) is 1. The van der Waals surface area contributed by atoms with Crippen LogP contribution in [0, 0.1) is 0 Å². The van der Waals surface area contributed by atoms with Crippen LogP contribution in [0.5, 0.6) is 0 Å². The average molecular weight is 202 g/mol. The maximum atomic E-state index is 5.43. The van der Waals surface area contributed by atoms with Crippen LogP contribution in [0.3, 0.4) is 0 Å². The van der Waals surface area contributed by atoms with Gasteiger partial charge in [0.2, 0.25) is 0 Å². The number of benzene rings is 1. The van der Waals surface area contributed by atoms with Crippen molar-refractivity contribution in [3.63, 3.8) is 0 Å². The molecule has 0 radical (unpaired) electrons. The lowest BCUT2D eigenvalue weighted by Gasteiger charge is -1.95. The second kappa shape index (κ2) is 4.70. The van der Waals surface area contributed by atoms with Gasteiger partial charge >= 0.3 is 0 Å². The van der Waals surface area contributed by atoms with Crippen LogP contribution in [-0.2, 0) is 12.8 Å². The SMILES string of the molecule is NCCc1n[nH]c(Cc2ccccc2)n1. The highest BCUT2D eigenvalue weighted by Crippen LogP contribution is 2.04. The summed E-state index contributed by atoms with van der Waals surface area (Å²) < 4.78 is 0. The molecule has 1 aromatic heterocycles. The van der Waals surface area contributed by atoms with E-state index in [4.69, 9.17) is 5.73 Å². The first-order chi connectivity index (χ1) is 7.38. The molecule has 1 heterocycles. The van der Waals surface area contributed by atoms with Crippen molar-refractivity contribution < 1.29 is 0 Å². The van der Waals surface area contributed by atoms with E-state index in [0.717, 1.165) is 24.5 Å². The standard InChI is InChI=1S/C11H14N4/c12-7-6-10-13-11(15-14-10)8-9-4-2-1-3-5-9/h1-5H,6-8,12H2,(H,13,14,15). The number of hydrogen-bond donors (Lipinski definition) is 2. The summed E-state index contributed by atoms with van der Waals surface area (Å²) in [4.78, 5) is 4.35. The van der Waals surface area contributed by atoms with Gasteiger partial charge in [0.1, 0.15) is 5.82 Å². The fourth-order valence-electron chi connectivity index (χ4n) is 1.44. The molecule has 0 atom stereocenters. The van der Waals surface area contributed by atoms with Crippen molar-refractivity contribution in [3.8, 4) is 0 Å². The molecule has 0 aliphatic heterocycles. The normalized spacial score (nSPS) is 10.5. The van der Waals surface area contributed by atoms with Crippen molar-refractivity contribution in [2.24, 2.45) is 5.73 Å². The van der Waals surface area contributed by atoms with Gasteiger partial charge in [-0.2, -0.15) is 5.10 Å². The van der Waals surface area contributed by atoms with Crippen molar-refractivity contribution in [2.75, 3.05) is 6.54 Å². The Hall–Kier alpha value is -1.68. The van der Waals surface area contributed by atoms with Gasteiger partial charge in [-0.25, -0.2) is 4.98 Å². The third-order valence-corrected chi connectivity index (χ3v) is 2.16. The van der Waals surface area contributed by atoms with E-state index in [-0.39, 0.29) is 0 Å². The minimum atomic E-state index is 0.586. The topological polar surface area (TPSA) is 67.6 Å². The fourth-order valence-corrected chi connectivity index (χ4v) is 1.44. The Labute approximate surface area is 88.5 Å². The zero-order chi connectivity index (χ0) is 10.5. The van der Waals surface area contributed by atoms with Crippen molar-refractivity contribution in [3.05, 3.63) is 47.5 Å². The number of nitrogens with zero attached hydrogens (tertiary/aromatic N) is 2. The zero-order valence-corrected chi connectivity index (χ0v) is 8.48. The summed E-state index contributed by atoms with van der Waals surface area (Å²) in [7, 11) is 0. The summed E-state index contributed by atoms with van der Waals surface area (Å²) in [5.74, 6) is 1.69. The van der Waals surface area contributed by atoms with Gasteiger partial charge in [-0.15, -0.1) is 0 Å². The highest BCUT2D eigenvalue weighted by atomic mass is 15.2. The largest absolute Gasteiger partial charge is 0.330 e. The predicted octanol–water partition coefficient (Wildman–Crippen LogP) is 0.897. The Kier molecular flexibility index (Phi) is 3.09. The molecule has 0 aliphatic carbocycles. The molecule has 0 spiro atoms. The summed E-state index contributed by atoms with van der Waals surface area (Å²) in [6, 6.07) is 10.2. The third kappa shape index (κ3) is 2.63. The number of hydrogen-bond acceptors (Lipinski definition) is 3. The van der Waals surface area contributed by atoms with E-state index in [2.05, 4.69) is 27.3 Å². The molecule has 78 valence electrons. The van der Waals surface area contributed by atoms with E-state index in [1.807, 2.05) is 18.2 Å². The Morgan fingerprint density at radius 1 is 1.20 bits per heavy atom. The van der Waals surface area contributed by atoms with E-state index < -0.39 is 0 Å². The fraction of sp³-hybridized carbons (Fsp3) is 0.273. The van der Waals surface area contributed by atoms with Crippen molar-refractivity contribution in [2.45, 2.75) is 12.8 Å². The number of aromatic nitrogens is 3. The average Bonchev–Trinajstić information content (AvgIpc) is 2.68. The molecule has 4 nitrogen and oxygen atoms in total. The Morgan fingerprint density at radius 2 is 2.00 bits per heavy atom. The zero-order valence-electron chi connectivity index (χ0n) is 8.48. The molecule has 4 heteroatoms. The summed E-state index contributed by atoms with van der Waals surface area (Å²) in [6.45, 7) is 0.586. The lowest BCUT2D eigenvalue weighted by molar-refractivity contribution is 0.874. The molecule has 0 bridgehead atoms. The first kappa shape index (κ1) is 9.86. The molecular weight excluding hydrogens is 188 g/mol. The predicted molar refractivity (Wildman–Crippen MR) is 58.4 cm³/mol. The maximum Gasteiger partial charge on any atom is 0.151 e. The van der Waals surface area contributed by atoms with Crippen LogP contribution in [0.1, 0.15) is 17.2 Å². The molecule has 2 aromatic rings. The monoisotopic (exact) mass is 202 g/mol. The van der Waals surface area contributed by atoms with Crippen LogP contribution in [0.2, 0.25) is 0 Å². The van der Waals surface area contributed by atoms with E-state index in [1.54, 1.807) is 0 Å². The molecule has 0 fully saturated rings. The molecule has 0 amide bonds. The van der Waals surface area contributed by atoms with Gasteiger partial charge in [-0.05, 0) is 12.1 Å². The quantitative estimate of drug-likeness (QED) is 0.774. The first-order valence-electron chi connectivity index (χ1n) is 5.02. The minimum absolute atomic E-state index is 0.586. The van der Waals surface area contributed by atoms with Crippen LogP contribution in [0.4, 0.5) is 0 Å². The van der Waals surface area contributed by atoms with E-state index in [1.165, 1.54) is 5.56 Å². The van der Waals surface area contributed by atoms with E-state index in [0.29, 0.717) is 6.54 Å². The molecule has 3 N–H and O–H groups in total. The van der Waals surface area contributed by atoms with Crippen LogP contribution in [0.15, 0.2) is 30.3 Å². The van der Waals surface area contributed by atoms with Crippen LogP contribution < -0.4 is 5.73 Å². The van der Waals surface area contributed by atoms with Gasteiger partial charge in [0.15, 0.2) is 5.82 Å². The summed E-state index contributed by atoms with van der Waals surface area (Å²) in [6.07, 6.45) is 1.52. The van der Waals surface area contributed by atoms with Gasteiger partial charge in [0.25, 0.3) is 0 Å². The third-order valence-electron chi connectivity index (χ3n) is 2.16. The highest BCUT2D eigenvalue weighted by Gasteiger charge is 2.02. The summed E-state index contributed by atoms with van der Waals surface area (Å²) >= 11 is 0. The first-order valence-corrected chi connectivity index (χ1v) is 5.02. The second-order valence-electron chi connectivity index (χ2n) is 3.40. The van der Waals surface area contributed by atoms with Gasteiger partial charge in [0.05, 0.1) is 0 Å². The lowest BCUT2D eigenvalue weighted by Crippen LogP contribution is -2.04. The Balaban J connectivity index is 2.05. The van der Waals surface area contributed by atoms with E-state index >= 15 is 0 Å². The smallest absolute Gasteiger partial charge is 0.151 e. The van der Waals surface area contributed by atoms with Crippen molar-refractivity contribution >= 4 is 0 Å². The number of H-pyrrole nitrogens is 1. The number of aromatic amines is 1. The maximum absolute atomic E-state index is 5.43. The van der Waals surface area contributed by atoms with Crippen LogP contribution in [-0.4, -0.2) is 21.7 Å². The van der Waals surface area contributed by atoms with E-state index in [9.17, 15) is 0 Å². The Morgan fingerprint density at radius 3 is 2.73 bits per heavy atom. The molecule has 0 saturated heterocycles. The number of rotatable bonds is 4. The minimum Gasteiger partial charge on any atom is -0.330 e. The summed E-state index contributed by atoms with van der Waals surface area (Å²) in [5, 5.41) is 7.01. The van der Waals surface area contributed by atoms with Crippen molar-refractivity contribution in [1.82, 2.24) is 15.2 Å². The molecule has 15 heavy (non-hydrogen) atoms. The Bertz CT molecular complexity index is 408. The van der Waals surface area contributed by atoms with Crippen molar-refractivity contribution in [1.29, 1.82) is 0 Å². The van der Waals surface area contributed by atoms with Crippen LogP contribution >= 0.6 is 0 Å². The van der Waals surface area contributed by atoms with Gasteiger partial charge in [-0.1, -0.05) is 30.3 Å². The second-order valence-corrected chi connectivity index (χ2v) is 3.40. The molecule has 0 aliphatic rings. The van der Waals surface area contributed by atoms with Gasteiger partial charge < -0.3 is 5.73 Å². The van der Waals surface area contributed by atoms with Crippen LogP contribution in [0.25, 0.3) is 0 Å². The lowest BCUT2D eigenvalue weighted by atomic mass is 10.1. The van der Waals surface area contributed by atoms with Gasteiger partial charge in [-0.3, -0.25) is 5.10 Å². The summed E-state index contributed by atoms with van der Waals surface area (Å²) in [5.41, 5.74) is 6.66. The highest BCUT2D eigenvalue weighted by molar-refractivity contribution is 5.18. The molecule has 1 aromatic carbocycles. The molecule has 2 rings (SSSR count). The van der Waals surface area contributed by atoms with Gasteiger partial charge in [0, 0.05) is 12.8 Å². The molecule has 0 saturated carbocycles.